The SMILES string of the molecule is CCCc1ccc(C(=O)OOOC(=O)OCCCCCOC(=O)OOOC(=O)c2ccc(CCC)cc2)cc1. The fraction of sp³-hybridized carbons (Fsp3) is 0.407. The topological polar surface area (TPSA) is 142 Å². The lowest BCUT2D eigenvalue weighted by Crippen LogP contribution is -2.13. The van der Waals surface area contributed by atoms with Crippen molar-refractivity contribution in [3.05, 3.63) is 70.8 Å². The average molecular weight is 549 g/mol. The van der Waals surface area contributed by atoms with Crippen LogP contribution in [0.1, 0.15) is 77.8 Å². The maximum absolute atomic E-state index is 11.8. The van der Waals surface area contributed by atoms with Crippen LogP contribution in [0.3, 0.4) is 0 Å². The van der Waals surface area contributed by atoms with Crippen molar-refractivity contribution in [1.29, 1.82) is 0 Å². The number of benzene rings is 2. The Morgan fingerprint density at radius 2 is 0.923 bits per heavy atom. The van der Waals surface area contributed by atoms with Crippen molar-refractivity contribution in [1.82, 2.24) is 0 Å². The molecule has 0 heterocycles. The molecule has 0 saturated heterocycles. The number of aryl methyl sites for hydroxylation is 2. The first-order valence-electron chi connectivity index (χ1n) is 12.5. The van der Waals surface area contributed by atoms with Crippen LogP contribution in [0.4, 0.5) is 9.59 Å². The molecule has 0 unspecified atom stereocenters. The summed E-state index contributed by atoms with van der Waals surface area (Å²) < 4.78 is 9.50. The molecule has 0 spiro atoms. The van der Waals surface area contributed by atoms with Crippen LogP contribution >= 0.6 is 0 Å². The third kappa shape index (κ3) is 12.8. The van der Waals surface area contributed by atoms with E-state index in [9.17, 15) is 19.2 Å². The Balaban J connectivity index is 1.44. The van der Waals surface area contributed by atoms with Crippen molar-refractivity contribution in [3.8, 4) is 0 Å². The fourth-order valence-electron chi connectivity index (χ4n) is 3.18. The minimum Gasteiger partial charge on any atom is -0.432 e. The van der Waals surface area contributed by atoms with Gasteiger partial charge in [0.15, 0.2) is 0 Å². The van der Waals surface area contributed by atoms with Crippen LogP contribution < -0.4 is 0 Å². The molecule has 0 atom stereocenters. The van der Waals surface area contributed by atoms with Crippen LogP contribution in [0, 0.1) is 0 Å². The van der Waals surface area contributed by atoms with Gasteiger partial charge in [0.1, 0.15) is 0 Å². The van der Waals surface area contributed by atoms with Crippen molar-refractivity contribution in [2.24, 2.45) is 0 Å². The van der Waals surface area contributed by atoms with E-state index in [1.54, 1.807) is 48.5 Å². The van der Waals surface area contributed by atoms with Gasteiger partial charge in [0.25, 0.3) is 0 Å². The van der Waals surface area contributed by atoms with Crippen molar-refractivity contribution < 1.29 is 58.3 Å². The van der Waals surface area contributed by atoms with Gasteiger partial charge in [0, 0.05) is 0 Å². The van der Waals surface area contributed by atoms with Gasteiger partial charge in [-0.2, -0.15) is 0 Å². The lowest BCUT2D eigenvalue weighted by molar-refractivity contribution is -0.452. The van der Waals surface area contributed by atoms with Gasteiger partial charge in [0.2, 0.25) is 0 Å². The second-order valence-electron chi connectivity index (χ2n) is 8.20. The smallest absolute Gasteiger partial charge is 0.432 e. The zero-order valence-electron chi connectivity index (χ0n) is 21.9. The Bertz CT molecular complexity index is 950. The molecular formula is C27H32O12. The molecule has 0 aromatic heterocycles. The Hall–Kier alpha value is -4.16. The highest BCUT2D eigenvalue weighted by Gasteiger charge is 2.13. The van der Waals surface area contributed by atoms with Gasteiger partial charge in [-0.3, -0.25) is 9.78 Å². The molecule has 2 aromatic carbocycles. The maximum Gasteiger partial charge on any atom is 0.543 e. The lowest BCUT2D eigenvalue weighted by Gasteiger charge is -2.06. The van der Waals surface area contributed by atoms with Crippen molar-refractivity contribution in [2.75, 3.05) is 13.2 Å². The van der Waals surface area contributed by atoms with E-state index in [1.807, 2.05) is 0 Å². The molecule has 0 aliphatic carbocycles. The van der Waals surface area contributed by atoms with E-state index in [2.05, 4.69) is 43.5 Å². The van der Waals surface area contributed by atoms with Gasteiger partial charge in [-0.1, -0.05) is 51.0 Å². The normalized spacial score (nSPS) is 10.3. The lowest BCUT2D eigenvalue weighted by atomic mass is 10.1. The molecule has 0 saturated carbocycles. The predicted octanol–water partition coefficient (Wildman–Crippen LogP) is 5.78. The van der Waals surface area contributed by atoms with Crippen molar-refractivity contribution in [3.63, 3.8) is 0 Å². The molecular weight excluding hydrogens is 516 g/mol. The van der Waals surface area contributed by atoms with Gasteiger partial charge >= 0.3 is 24.2 Å². The highest BCUT2D eigenvalue weighted by molar-refractivity contribution is 5.89. The Morgan fingerprint density at radius 1 is 0.538 bits per heavy atom. The van der Waals surface area contributed by atoms with E-state index < -0.39 is 24.2 Å². The monoisotopic (exact) mass is 548 g/mol. The number of rotatable bonds is 16. The summed E-state index contributed by atoms with van der Waals surface area (Å²) in [4.78, 5) is 63.7. The molecule has 0 aliphatic heterocycles. The van der Waals surface area contributed by atoms with Crippen LogP contribution in [0.25, 0.3) is 0 Å². The number of carbonyl (C=O) groups is 4. The van der Waals surface area contributed by atoms with Gasteiger partial charge < -0.3 is 9.47 Å². The van der Waals surface area contributed by atoms with E-state index >= 15 is 0 Å². The van der Waals surface area contributed by atoms with E-state index in [-0.39, 0.29) is 24.3 Å². The van der Waals surface area contributed by atoms with Crippen LogP contribution in [-0.2, 0) is 51.9 Å². The third-order valence-corrected chi connectivity index (χ3v) is 5.11. The summed E-state index contributed by atoms with van der Waals surface area (Å²) >= 11 is 0. The van der Waals surface area contributed by atoms with Crippen LogP contribution in [0.2, 0.25) is 0 Å². The Kier molecular flexibility index (Phi) is 14.5. The number of hydrogen-bond acceptors (Lipinski definition) is 12. The van der Waals surface area contributed by atoms with E-state index in [1.165, 1.54) is 0 Å². The summed E-state index contributed by atoms with van der Waals surface area (Å²) in [6, 6.07) is 13.5. The minimum atomic E-state index is -1.19. The standard InChI is InChI=1S/C27H32O12/c1-3-8-20-10-14-22(15-11-20)24(28)34-38-36-26(30)32-18-6-5-7-19-33-27(31)37-39-35-25(29)23-16-12-21(9-4-2)13-17-23/h10-17H,3-9,18-19H2,1-2H3. The minimum absolute atomic E-state index is 0.0159. The predicted molar refractivity (Wildman–Crippen MR) is 133 cm³/mol. The number of ether oxygens (including phenoxy) is 2. The molecule has 2 aromatic rings. The summed E-state index contributed by atoms with van der Waals surface area (Å²) in [5.74, 6) is -1.66. The second-order valence-corrected chi connectivity index (χ2v) is 8.20. The first-order valence-corrected chi connectivity index (χ1v) is 12.5. The molecule has 0 aliphatic rings. The molecule has 0 N–H and O–H groups in total. The van der Waals surface area contributed by atoms with Gasteiger partial charge in [-0.25, -0.2) is 29.0 Å². The van der Waals surface area contributed by atoms with Crippen molar-refractivity contribution >= 4 is 24.2 Å². The largest absolute Gasteiger partial charge is 0.543 e. The van der Waals surface area contributed by atoms with Crippen LogP contribution in [0.15, 0.2) is 48.5 Å². The maximum atomic E-state index is 11.8. The average Bonchev–Trinajstić information content (AvgIpc) is 2.93. The zero-order chi connectivity index (χ0) is 28.3. The summed E-state index contributed by atoms with van der Waals surface area (Å²) in [5.41, 5.74) is 2.63. The Morgan fingerprint density at radius 3 is 1.28 bits per heavy atom. The zero-order valence-corrected chi connectivity index (χ0v) is 21.9. The highest BCUT2D eigenvalue weighted by atomic mass is 17.5. The number of hydrogen-bond donors (Lipinski definition) is 0. The van der Waals surface area contributed by atoms with Crippen LogP contribution in [-0.4, -0.2) is 37.5 Å². The van der Waals surface area contributed by atoms with E-state index in [4.69, 9.17) is 9.47 Å². The summed E-state index contributed by atoms with van der Waals surface area (Å²) in [6.45, 7) is 4.07. The summed E-state index contributed by atoms with van der Waals surface area (Å²) in [7, 11) is 0. The fourth-order valence-corrected chi connectivity index (χ4v) is 3.18. The molecule has 2 rings (SSSR count). The molecule has 0 amide bonds. The molecule has 212 valence electrons. The van der Waals surface area contributed by atoms with E-state index in [0.717, 1.165) is 36.8 Å². The first kappa shape index (κ1) is 31.1. The third-order valence-electron chi connectivity index (χ3n) is 5.11. The molecule has 0 radical (unpaired) electrons. The van der Waals surface area contributed by atoms with E-state index in [0.29, 0.717) is 19.3 Å². The van der Waals surface area contributed by atoms with Gasteiger partial charge in [-0.15, -0.1) is 0 Å². The highest BCUT2D eigenvalue weighted by Crippen LogP contribution is 2.10. The number of carbonyl (C=O) groups excluding carboxylic acids is 4. The molecule has 0 fully saturated rings. The van der Waals surface area contributed by atoms with Gasteiger partial charge in [-0.05, 0) is 67.5 Å². The molecule has 39 heavy (non-hydrogen) atoms. The Labute approximate surface area is 225 Å². The van der Waals surface area contributed by atoms with Crippen molar-refractivity contribution in [2.45, 2.75) is 58.8 Å². The summed E-state index contributed by atoms with van der Waals surface area (Å²) in [6.07, 6.45) is 2.73. The second kappa shape index (κ2) is 18.2. The number of unbranched alkanes of at least 4 members (excludes halogenated alkanes) is 2. The summed E-state index contributed by atoms with van der Waals surface area (Å²) in [5, 5.41) is 8.32. The quantitative estimate of drug-likeness (QED) is 0.109. The molecule has 12 heteroatoms. The molecule has 0 bridgehead atoms. The first-order chi connectivity index (χ1) is 18.9. The van der Waals surface area contributed by atoms with Gasteiger partial charge in [0.05, 0.1) is 34.4 Å². The molecule has 12 nitrogen and oxygen atoms in total. The van der Waals surface area contributed by atoms with Crippen LogP contribution in [0.5, 0.6) is 0 Å².